The smallest absolute Gasteiger partial charge is 0.211 e. The Labute approximate surface area is 99.2 Å². The molecule has 1 fully saturated rings. The maximum Gasteiger partial charge on any atom is 0.211 e. The Hall–Kier alpha value is -0.130. The third-order valence-electron chi connectivity index (χ3n) is 3.67. The second-order valence-corrected chi connectivity index (χ2v) is 6.73. The highest BCUT2D eigenvalue weighted by Crippen LogP contribution is 2.43. The lowest BCUT2D eigenvalue weighted by atomic mass is 9.67. The second kappa shape index (κ2) is 5.98. The van der Waals surface area contributed by atoms with Gasteiger partial charge in [-0.3, -0.25) is 0 Å². The van der Waals surface area contributed by atoms with Crippen LogP contribution in [0.2, 0.25) is 0 Å². The molecule has 4 nitrogen and oxygen atoms in total. The van der Waals surface area contributed by atoms with Crippen molar-refractivity contribution in [1.82, 2.24) is 10.0 Å². The van der Waals surface area contributed by atoms with Gasteiger partial charge in [-0.05, 0) is 44.7 Å². The molecule has 0 heterocycles. The lowest BCUT2D eigenvalue weighted by Crippen LogP contribution is -2.42. The molecule has 0 unspecified atom stereocenters. The highest BCUT2D eigenvalue weighted by Gasteiger charge is 2.35. The van der Waals surface area contributed by atoms with Crippen molar-refractivity contribution in [2.24, 2.45) is 5.41 Å². The first-order valence-corrected chi connectivity index (χ1v) is 7.81. The summed E-state index contributed by atoms with van der Waals surface area (Å²) in [5.41, 5.74) is 0.260. The van der Waals surface area contributed by atoms with Gasteiger partial charge in [0.05, 0.1) is 5.75 Å². The maximum atomic E-state index is 11.7. The molecule has 0 spiro atoms. The first-order valence-electron chi connectivity index (χ1n) is 6.15. The van der Waals surface area contributed by atoms with Crippen LogP contribution in [0.5, 0.6) is 0 Å². The van der Waals surface area contributed by atoms with Crippen molar-refractivity contribution in [2.45, 2.75) is 39.0 Å². The number of nitrogens with one attached hydrogen (secondary N) is 2. The summed E-state index contributed by atoms with van der Waals surface area (Å²) in [5, 5.41) is 2.95. The van der Waals surface area contributed by atoms with E-state index in [0.717, 1.165) is 13.0 Å². The molecule has 2 N–H and O–H groups in total. The molecule has 96 valence electrons. The Balaban J connectivity index is 2.30. The molecule has 0 aromatic heterocycles. The molecule has 0 saturated heterocycles. The van der Waals surface area contributed by atoms with E-state index in [1.165, 1.54) is 19.3 Å². The summed E-state index contributed by atoms with van der Waals surface area (Å²) in [6.07, 6.45) is 5.33. The molecule has 0 atom stereocenters. The third kappa shape index (κ3) is 4.03. The van der Waals surface area contributed by atoms with Gasteiger partial charge >= 0.3 is 0 Å². The van der Waals surface area contributed by atoms with Crippen molar-refractivity contribution in [3.8, 4) is 0 Å². The highest BCUT2D eigenvalue weighted by molar-refractivity contribution is 7.89. The van der Waals surface area contributed by atoms with Crippen LogP contribution in [-0.2, 0) is 10.0 Å². The van der Waals surface area contributed by atoms with Gasteiger partial charge in [-0.15, -0.1) is 0 Å². The van der Waals surface area contributed by atoms with Crippen LogP contribution in [0.25, 0.3) is 0 Å². The fraction of sp³-hybridized carbons (Fsp3) is 1.00. The van der Waals surface area contributed by atoms with Crippen LogP contribution < -0.4 is 10.0 Å². The minimum Gasteiger partial charge on any atom is -0.320 e. The predicted molar refractivity (Wildman–Crippen MR) is 66.9 cm³/mol. The Bertz CT molecular complexity index is 292. The SMILES string of the molecule is CCC1(CNS(=O)(=O)CCCNC)CCC1. The van der Waals surface area contributed by atoms with Crippen molar-refractivity contribution in [3.05, 3.63) is 0 Å². The van der Waals surface area contributed by atoms with Gasteiger partial charge in [-0.1, -0.05) is 13.3 Å². The number of sulfonamides is 1. The molecule has 0 aromatic rings. The van der Waals surface area contributed by atoms with Gasteiger partial charge in [0, 0.05) is 6.54 Å². The van der Waals surface area contributed by atoms with Crippen molar-refractivity contribution < 1.29 is 8.42 Å². The quantitative estimate of drug-likeness (QED) is 0.632. The van der Waals surface area contributed by atoms with E-state index in [2.05, 4.69) is 17.0 Å². The number of rotatable bonds is 8. The van der Waals surface area contributed by atoms with Crippen LogP contribution in [0, 0.1) is 5.41 Å². The summed E-state index contributed by atoms with van der Waals surface area (Å²) < 4.78 is 26.1. The van der Waals surface area contributed by atoms with E-state index >= 15 is 0 Å². The van der Waals surface area contributed by atoms with Crippen LogP contribution >= 0.6 is 0 Å². The first kappa shape index (κ1) is 13.9. The molecule has 0 aromatic carbocycles. The van der Waals surface area contributed by atoms with E-state index in [1.807, 2.05) is 7.05 Å². The van der Waals surface area contributed by atoms with E-state index in [9.17, 15) is 8.42 Å². The molecule has 1 aliphatic carbocycles. The molecule has 1 rings (SSSR count). The minimum absolute atomic E-state index is 0.230. The molecule has 0 amide bonds. The first-order chi connectivity index (χ1) is 7.54. The Morgan fingerprint density at radius 3 is 2.44 bits per heavy atom. The largest absolute Gasteiger partial charge is 0.320 e. The molecule has 5 heteroatoms. The number of hydrogen-bond acceptors (Lipinski definition) is 3. The van der Waals surface area contributed by atoms with Gasteiger partial charge in [-0.25, -0.2) is 13.1 Å². The summed E-state index contributed by atoms with van der Waals surface area (Å²) >= 11 is 0. The van der Waals surface area contributed by atoms with Gasteiger partial charge in [0.2, 0.25) is 10.0 Å². The lowest BCUT2D eigenvalue weighted by molar-refractivity contribution is 0.133. The zero-order valence-corrected chi connectivity index (χ0v) is 11.2. The Morgan fingerprint density at radius 1 is 1.31 bits per heavy atom. The minimum atomic E-state index is -3.06. The van der Waals surface area contributed by atoms with Crippen molar-refractivity contribution in [3.63, 3.8) is 0 Å². The zero-order valence-electron chi connectivity index (χ0n) is 10.4. The van der Waals surface area contributed by atoms with E-state index in [4.69, 9.17) is 0 Å². The molecule has 16 heavy (non-hydrogen) atoms. The fourth-order valence-electron chi connectivity index (χ4n) is 2.11. The summed E-state index contributed by atoms with van der Waals surface area (Å²) in [5.74, 6) is 0.230. The molecular formula is C11H24N2O2S. The van der Waals surface area contributed by atoms with Crippen LogP contribution in [-0.4, -0.2) is 34.3 Å². The van der Waals surface area contributed by atoms with E-state index < -0.39 is 10.0 Å². The molecule has 0 radical (unpaired) electrons. The van der Waals surface area contributed by atoms with Gasteiger partial charge in [0.15, 0.2) is 0 Å². The maximum absolute atomic E-state index is 11.7. The van der Waals surface area contributed by atoms with Crippen LogP contribution in [0.4, 0.5) is 0 Å². The fourth-order valence-corrected chi connectivity index (χ4v) is 3.30. The summed E-state index contributed by atoms with van der Waals surface area (Å²) in [6.45, 7) is 3.53. The highest BCUT2D eigenvalue weighted by atomic mass is 32.2. The molecular weight excluding hydrogens is 224 g/mol. The van der Waals surface area contributed by atoms with Gasteiger partial charge in [-0.2, -0.15) is 0 Å². The van der Waals surface area contributed by atoms with E-state index in [0.29, 0.717) is 13.0 Å². The van der Waals surface area contributed by atoms with Crippen LogP contribution in [0.15, 0.2) is 0 Å². The molecule has 0 bridgehead atoms. The zero-order chi connectivity index (χ0) is 12.1. The summed E-state index contributed by atoms with van der Waals surface area (Å²) in [6, 6.07) is 0. The van der Waals surface area contributed by atoms with Crippen molar-refractivity contribution >= 4 is 10.0 Å². The Kier molecular flexibility index (Phi) is 5.21. The summed E-state index contributed by atoms with van der Waals surface area (Å²) in [4.78, 5) is 0. The standard InChI is InChI=1S/C11H24N2O2S/c1-3-11(6-4-7-11)10-13-16(14,15)9-5-8-12-2/h12-13H,3-10H2,1-2H3. The molecule has 1 aliphatic rings. The predicted octanol–water partition coefficient (Wildman–Crippen LogP) is 1.10. The Morgan fingerprint density at radius 2 is 2.00 bits per heavy atom. The van der Waals surface area contributed by atoms with E-state index in [-0.39, 0.29) is 11.2 Å². The lowest BCUT2D eigenvalue weighted by Gasteiger charge is -2.41. The monoisotopic (exact) mass is 248 g/mol. The third-order valence-corrected chi connectivity index (χ3v) is 5.08. The van der Waals surface area contributed by atoms with Gasteiger partial charge in [0.25, 0.3) is 0 Å². The normalized spacial score (nSPS) is 19.4. The average molecular weight is 248 g/mol. The molecule has 1 saturated carbocycles. The van der Waals surface area contributed by atoms with Crippen LogP contribution in [0.1, 0.15) is 39.0 Å². The van der Waals surface area contributed by atoms with Crippen molar-refractivity contribution in [2.75, 3.05) is 25.9 Å². The number of hydrogen-bond donors (Lipinski definition) is 2. The molecule has 0 aliphatic heterocycles. The average Bonchev–Trinajstić information content (AvgIpc) is 2.17. The topological polar surface area (TPSA) is 58.2 Å². The van der Waals surface area contributed by atoms with E-state index in [1.54, 1.807) is 0 Å². The van der Waals surface area contributed by atoms with Gasteiger partial charge < -0.3 is 5.32 Å². The second-order valence-electron chi connectivity index (χ2n) is 4.80. The van der Waals surface area contributed by atoms with Crippen LogP contribution in [0.3, 0.4) is 0 Å². The van der Waals surface area contributed by atoms with Crippen molar-refractivity contribution in [1.29, 1.82) is 0 Å². The van der Waals surface area contributed by atoms with Gasteiger partial charge in [0.1, 0.15) is 0 Å². The summed E-state index contributed by atoms with van der Waals surface area (Å²) in [7, 11) is -1.23.